The first-order chi connectivity index (χ1) is 63.0. The summed E-state index contributed by atoms with van der Waals surface area (Å²) in [5, 5.41) is 9.18. The molecule has 133 heavy (non-hydrogen) atoms. The second-order valence-electron chi connectivity index (χ2n) is 22.3. The van der Waals surface area contributed by atoms with Crippen molar-refractivity contribution < 1.29 is 65.1 Å². The van der Waals surface area contributed by atoms with Crippen LogP contribution in [-0.4, -0.2) is 32.1 Å². The van der Waals surface area contributed by atoms with Crippen molar-refractivity contribution in [3.8, 4) is 5.69 Å². The van der Waals surface area contributed by atoms with E-state index >= 15 is 0 Å². The van der Waals surface area contributed by atoms with E-state index in [0.717, 1.165) is 41.3 Å². The minimum atomic E-state index is 0. The van der Waals surface area contributed by atoms with Gasteiger partial charge < -0.3 is 40.2 Å². The molecular weight excluding hydrogens is 2150 g/mol. The quantitative estimate of drug-likeness (QED) is 0.0161. The Kier molecular flexibility index (Phi) is 113. The van der Waals surface area contributed by atoms with Gasteiger partial charge in [0.05, 0.1) is 22.7 Å². The molecule has 4 N–H and O–H groups in total. The molecule has 0 amide bonds. The number of nitrogens with zero attached hydrogens (tertiary/aromatic N) is 3. The van der Waals surface area contributed by atoms with E-state index in [1.807, 2.05) is 295 Å². The predicted molar refractivity (Wildman–Crippen MR) is 682 cm³/mol. The zero-order valence-electron chi connectivity index (χ0n) is 84.2. The van der Waals surface area contributed by atoms with E-state index in [1.165, 1.54) is 72.8 Å². The fourth-order valence-electron chi connectivity index (χ4n) is 9.69. The topological polar surface area (TPSA) is 60.4 Å². The van der Waals surface area contributed by atoms with Crippen LogP contribution in [0.25, 0.3) is 15.9 Å². The van der Waals surface area contributed by atoms with Gasteiger partial charge in [-0.3, -0.25) is 0 Å². The average molecular weight is 2310 g/mol. The number of thioether (sulfide) groups is 4. The van der Waals surface area contributed by atoms with Crippen molar-refractivity contribution in [1.82, 2.24) is 0 Å². The third-order valence-electron chi connectivity index (χ3n) is 15.1. The van der Waals surface area contributed by atoms with Crippen molar-refractivity contribution in [2.45, 2.75) is 170 Å². The maximum absolute atomic E-state index is 5.36. The van der Waals surface area contributed by atoms with Crippen LogP contribution < -0.4 is 89.8 Å². The summed E-state index contributed by atoms with van der Waals surface area (Å²) in [6.45, 7) is 45.6. The van der Waals surface area contributed by atoms with Crippen molar-refractivity contribution >= 4 is 295 Å². The number of rotatable bonds is 14. The van der Waals surface area contributed by atoms with E-state index in [0.29, 0.717) is 7.30 Å². The largest absolute Gasteiger partial charge is 1.00 e. The number of para-hydroxylation sites is 11. The van der Waals surface area contributed by atoms with E-state index in [4.69, 9.17) is 5.73 Å². The molecule has 0 saturated heterocycles. The van der Waals surface area contributed by atoms with Crippen LogP contribution in [0.3, 0.4) is 0 Å². The van der Waals surface area contributed by atoms with Gasteiger partial charge in [-0.15, -0.1) is 125 Å². The van der Waals surface area contributed by atoms with Crippen molar-refractivity contribution in [2.24, 2.45) is 0 Å². The summed E-state index contributed by atoms with van der Waals surface area (Å²) in [5.74, 6) is 0. The van der Waals surface area contributed by atoms with E-state index in [9.17, 15) is 0 Å². The molecule has 0 bridgehead atoms. The Labute approximate surface area is 931 Å². The van der Waals surface area contributed by atoms with Gasteiger partial charge in [-0.25, -0.2) is 0 Å². The second-order valence-corrected chi connectivity index (χ2v) is 81.3. The van der Waals surface area contributed by atoms with Gasteiger partial charge in [0, 0.05) is 75.6 Å². The molecule has 13 aromatic rings. The number of thiazole rings is 1. The third-order valence-corrected chi connectivity index (χ3v) is 88.0. The van der Waals surface area contributed by atoms with Gasteiger partial charge in [0.25, 0.3) is 0 Å². The molecule has 12 aromatic carbocycles. The van der Waals surface area contributed by atoms with Crippen LogP contribution in [0.2, 0.25) is 0 Å². The Hall–Kier alpha value is 0.590. The molecular formula is C101H158BrClN6Na2P15S7+. The van der Waals surface area contributed by atoms with Crippen molar-refractivity contribution in [1.29, 1.82) is 0 Å². The maximum Gasteiger partial charge on any atom is 1.00 e. The van der Waals surface area contributed by atoms with Crippen LogP contribution in [0.1, 0.15) is 147 Å². The molecule has 15 rings (SSSR count). The molecule has 0 spiro atoms. The van der Waals surface area contributed by atoms with Crippen molar-refractivity contribution in [2.75, 3.05) is 58.3 Å². The standard InChI is InChI=1S/C26H18N2S2.C13H10NS.C13H13NS.C12H11NS.C7H7BrS.C6H7N.10C2H6.CH12P8.CH11P7.CH4S.CH4.ClH.2Na.H/c1-3-11-19(12-4-1)27-21-15-7-9-17-23(21)29-25(27)26-28(20-13-5-2-6-14-20)22-16-8-10-18-24(22)30-26;1-2-6-11(7-3-1)14-10-15-13-9-5-4-8-12(13)14;1-15-13-10-6-5-9-12(13)14-11-7-3-2-4-8-11;14-12-9-5-4-8-11(12)13-10-6-2-1-3-7-10;1-9-7-5-3-2-4-6(7)8;7-6-4-2-1-3-5-6;10*1-2;1-7(8(3)4)9(5)6-2;1-6(7(2)3)8(4)5;1-2;;;;;/h1-18H;1-10H;2-10,14H,1H3;1-9,13-14H;2-5H,1H3;1-5H,7H2;10*1-2H3;6H,2-5H2,1H3;2-5H2,1H3;2H,1H3;1H4;1H;;;/q;+1;;;;;;;;;;;;;;;;;;;;2*+1;-1/p-1/b26-25+;;;;;;;;;;;;;;;;;;;;;;;. The molecule has 3 heterocycles. The van der Waals surface area contributed by atoms with Crippen LogP contribution in [-0.2, 0) is 12.6 Å². The first-order valence-electron chi connectivity index (χ1n) is 43.3. The van der Waals surface area contributed by atoms with Crippen LogP contribution in [0.5, 0.6) is 0 Å². The maximum atomic E-state index is 5.36. The first-order valence-corrected chi connectivity index (χ1v) is 77.1. The number of fused-ring (bicyclic) bond motifs is 3. The van der Waals surface area contributed by atoms with E-state index < -0.39 is 0 Å². The van der Waals surface area contributed by atoms with Crippen LogP contribution in [0.4, 0.5) is 51.2 Å². The van der Waals surface area contributed by atoms with Gasteiger partial charge >= 0.3 is 59.1 Å². The number of nitrogen functional groups attached to an aromatic ring is 1. The molecule has 724 valence electrons. The number of hydrogen-bond acceptors (Lipinski definition) is 12. The Morgan fingerprint density at radius 3 is 1.05 bits per heavy atom. The second kappa shape index (κ2) is 101. The van der Waals surface area contributed by atoms with E-state index in [2.05, 4.69) is 363 Å². The summed E-state index contributed by atoms with van der Waals surface area (Å²) in [4.78, 5) is 10.9. The number of nitrogens with two attached hydrogens (primary N) is 1. The van der Waals surface area contributed by atoms with Crippen molar-refractivity contribution in [3.05, 3.63) is 348 Å². The fraction of sp³-hybridized carbons (Fsp3) is 0.257. The van der Waals surface area contributed by atoms with E-state index in [1.54, 1.807) is 41.1 Å². The minimum Gasteiger partial charge on any atom is -1.00 e. The average Bonchev–Trinajstić information content (AvgIpc) is 1.59. The number of aromatic nitrogens is 1. The van der Waals surface area contributed by atoms with Crippen LogP contribution in [0, 0.1) is 0 Å². The predicted octanol–water partition coefficient (Wildman–Crippen LogP) is 37.8. The first kappa shape index (κ1) is 149. The number of anilines is 9. The summed E-state index contributed by atoms with van der Waals surface area (Å²) in [5.41, 5.74) is 20.1. The number of hydrogen-bond donors (Lipinski definition) is 4. The SMILES string of the molecule is C.CC.CC.CC.CC.CC.CC.CC.CC.CC.CC.CP(P(P)P)P(P)P.CP(P(P)P)P(P)PP.CSc1ccccc1Br.CSc1ccccc1Nc1ccccc1.C[S-].Cl.Nc1ccccc1.Sc1ccccc1Nc1ccccc1.[H-].[Na+].[Na+].c1ccc(-[n+]2csc3ccccc32)cc1.c1ccc(N2/C(=C3\Sc4ccccc4N3c3ccccc3)Sc3ccccc32)cc1. The summed E-state index contributed by atoms with van der Waals surface area (Å²) < 4.78 is 4.72. The third kappa shape index (κ3) is 60.3. The summed E-state index contributed by atoms with van der Waals surface area (Å²) in [6, 6.07) is 112. The monoisotopic (exact) mass is 2300 g/mol. The Morgan fingerprint density at radius 1 is 0.406 bits per heavy atom. The summed E-state index contributed by atoms with van der Waals surface area (Å²) in [6.07, 6.45) is 5.74. The van der Waals surface area contributed by atoms with Gasteiger partial charge in [-0.1, -0.05) is 371 Å². The molecule has 0 radical (unpaired) electrons. The number of thiol groups is 1. The zero-order chi connectivity index (χ0) is 98.3. The molecule has 1 aromatic heterocycles. The van der Waals surface area contributed by atoms with Gasteiger partial charge in [0.15, 0.2) is 0 Å². The summed E-state index contributed by atoms with van der Waals surface area (Å²) in [7, 11) is 24.9. The summed E-state index contributed by atoms with van der Waals surface area (Å²) >= 11 is 20.9. The number of halogens is 2. The molecule has 2 aliphatic rings. The minimum absolute atomic E-state index is 0. The Bertz CT molecular complexity index is 4700. The van der Waals surface area contributed by atoms with Crippen LogP contribution >= 0.6 is 221 Å². The normalized spacial score (nSPS) is 10.9. The van der Waals surface area contributed by atoms with Gasteiger partial charge in [0.2, 0.25) is 16.7 Å². The molecule has 32 heteroatoms. The smallest absolute Gasteiger partial charge is 1.00 e. The van der Waals surface area contributed by atoms with Gasteiger partial charge in [-0.2, -0.15) is 6.26 Å². The number of nitrogens with one attached hydrogen (secondary N) is 2. The van der Waals surface area contributed by atoms with E-state index in [-0.39, 0.29) is 116 Å². The Morgan fingerprint density at radius 2 is 0.714 bits per heavy atom. The van der Waals surface area contributed by atoms with Crippen molar-refractivity contribution in [3.63, 3.8) is 0 Å². The molecule has 11 atom stereocenters. The molecule has 0 aliphatic carbocycles. The number of benzene rings is 12. The van der Waals surface area contributed by atoms with Gasteiger partial charge in [-0.05, 0) is 212 Å². The molecule has 11 unspecified atom stereocenters. The molecule has 0 fully saturated rings. The fourth-order valence-corrected chi connectivity index (χ4v) is 81.7. The van der Waals surface area contributed by atoms with Gasteiger partial charge in [0.1, 0.15) is 14.8 Å². The Balaban J connectivity index is -0.000000191. The zero-order valence-corrected chi connectivity index (χ0v) is 111. The molecule has 2 aliphatic heterocycles. The molecule has 0 saturated carbocycles. The molecule has 6 nitrogen and oxygen atoms in total. The van der Waals surface area contributed by atoms with Crippen LogP contribution in [0.15, 0.2) is 372 Å².